The molecule has 132 valence electrons. The quantitative estimate of drug-likeness (QED) is 0.855. The lowest BCUT2D eigenvalue weighted by Gasteiger charge is -2.20. The number of amides is 3. The second-order valence-electron chi connectivity index (χ2n) is 5.52. The number of nitrogens with one attached hydrogen (secondary N) is 1. The van der Waals surface area contributed by atoms with Crippen LogP contribution in [-0.4, -0.2) is 37.0 Å². The third-order valence-electron chi connectivity index (χ3n) is 3.95. The van der Waals surface area contributed by atoms with Crippen molar-refractivity contribution in [3.8, 4) is 0 Å². The summed E-state index contributed by atoms with van der Waals surface area (Å²) >= 11 is 5.85. The van der Waals surface area contributed by atoms with E-state index in [1.54, 1.807) is 65.4 Å². The molecular formula is C19H22ClN3O2. The van der Waals surface area contributed by atoms with Crippen LogP contribution in [0.5, 0.6) is 0 Å². The third-order valence-corrected chi connectivity index (χ3v) is 4.20. The van der Waals surface area contributed by atoms with Crippen LogP contribution >= 0.6 is 11.6 Å². The fourth-order valence-corrected chi connectivity index (χ4v) is 2.51. The second kappa shape index (κ2) is 8.53. The van der Waals surface area contributed by atoms with Gasteiger partial charge in [-0.1, -0.05) is 11.6 Å². The highest BCUT2D eigenvalue weighted by Crippen LogP contribution is 2.20. The number of carbonyl (C=O) groups is 2. The van der Waals surface area contributed by atoms with Gasteiger partial charge in [0, 0.05) is 42.1 Å². The van der Waals surface area contributed by atoms with E-state index in [0.717, 1.165) is 5.69 Å². The van der Waals surface area contributed by atoms with Gasteiger partial charge in [0.25, 0.3) is 5.91 Å². The van der Waals surface area contributed by atoms with Gasteiger partial charge in [0.05, 0.1) is 0 Å². The monoisotopic (exact) mass is 359 g/mol. The molecule has 0 aliphatic carbocycles. The van der Waals surface area contributed by atoms with E-state index in [1.807, 2.05) is 13.8 Å². The maximum atomic E-state index is 12.5. The molecule has 0 saturated heterocycles. The Morgan fingerprint density at radius 3 is 2.04 bits per heavy atom. The zero-order valence-electron chi connectivity index (χ0n) is 14.6. The summed E-state index contributed by atoms with van der Waals surface area (Å²) in [7, 11) is 1.71. The van der Waals surface area contributed by atoms with Gasteiger partial charge in [-0.3, -0.25) is 4.79 Å². The number of urea groups is 1. The van der Waals surface area contributed by atoms with Gasteiger partial charge in [0.1, 0.15) is 0 Å². The number of carbonyl (C=O) groups excluding carboxylic acids is 2. The molecule has 0 saturated carbocycles. The van der Waals surface area contributed by atoms with E-state index in [1.165, 1.54) is 0 Å². The Bertz CT molecular complexity index is 725. The lowest BCUT2D eigenvalue weighted by Crippen LogP contribution is -2.34. The summed E-state index contributed by atoms with van der Waals surface area (Å²) in [5.41, 5.74) is 1.99. The molecule has 0 bridgehead atoms. The van der Waals surface area contributed by atoms with Gasteiger partial charge in [0.15, 0.2) is 0 Å². The Morgan fingerprint density at radius 2 is 1.52 bits per heavy atom. The first-order valence-corrected chi connectivity index (χ1v) is 8.53. The number of nitrogens with zero attached hydrogens (tertiary/aromatic N) is 2. The highest BCUT2D eigenvalue weighted by Gasteiger charge is 2.14. The number of halogens is 1. The maximum Gasteiger partial charge on any atom is 0.321 e. The van der Waals surface area contributed by atoms with Crippen LogP contribution in [0.2, 0.25) is 5.02 Å². The van der Waals surface area contributed by atoms with Crippen molar-refractivity contribution < 1.29 is 9.59 Å². The van der Waals surface area contributed by atoms with E-state index < -0.39 is 0 Å². The van der Waals surface area contributed by atoms with E-state index in [-0.39, 0.29) is 11.9 Å². The fourth-order valence-electron chi connectivity index (χ4n) is 2.39. The molecule has 2 aromatic rings. The zero-order valence-corrected chi connectivity index (χ0v) is 15.4. The first-order chi connectivity index (χ1) is 12.0. The Hall–Kier alpha value is -2.53. The normalized spacial score (nSPS) is 10.2. The molecule has 0 aliphatic heterocycles. The lowest BCUT2D eigenvalue weighted by molar-refractivity contribution is 0.0993. The molecule has 0 fully saturated rings. The minimum absolute atomic E-state index is 0.128. The largest absolute Gasteiger partial charge is 0.325 e. The smallest absolute Gasteiger partial charge is 0.321 e. The van der Waals surface area contributed by atoms with Gasteiger partial charge in [-0.05, 0) is 62.4 Å². The van der Waals surface area contributed by atoms with Crippen molar-refractivity contribution in [2.24, 2.45) is 0 Å². The Labute approximate surface area is 153 Å². The first kappa shape index (κ1) is 18.8. The number of benzene rings is 2. The molecule has 5 nitrogen and oxygen atoms in total. The standard InChI is InChI=1S/C19H22ClN3O2/c1-4-23(5-2)19(25)21-16-10-12-17(13-11-16)22(3)18(24)14-6-8-15(20)9-7-14/h6-13H,4-5H2,1-3H3,(H,21,25). The van der Waals surface area contributed by atoms with Crippen LogP contribution in [0.15, 0.2) is 48.5 Å². The van der Waals surface area contributed by atoms with Crippen LogP contribution in [0.4, 0.5) is 16.2 Å². The predicted molar refractivity (Wildman–Crippen MR) is 103 cm³/mol. The summed E-state index contributed by atoms with van der Waals surface area (Å²) in [6.07, 6.45) is 0. The number of rotatable bonds is 5. The molecule has 2 rings (SSSR count). The zero-order chi connectivity index (χ0) is 18.4. The topological polar surface area (TPSA) is 52.7 Å². The van der Waals surface area contributed by atoms with Crippen molar-refractivity contribution >= 4 is 34.9 Å². The minimum atomic E-state index is -0.136. The molecule has 1 N–H and O–H groups in total. The van der Waals surface area contributed by atoms with Crippen LogP contribution in [0, 0.1) is 0 Å². The van der Waals surface area contributed by atoms with Crippen molar-refractivity contribution in [1.82, 2.24) is 4.90 Å². The first-order valence-electron chi connectivity index (χ1n) is 8.15. The van der Waals surface area contributed by atoms with Gasteiger partial charge < -0.3 is 15.1 Å². The van der Waals surface area contributed by atoms with E-state index >= 15 is 0 Å². The summed E-state index contributed by atoms with van der Waals surface area (Å²) < 4.78 is 0. The average molecular weight is 360 g/mol. The van der Waals surface area contributed by atoms with Crippen molar-refractivity contribution in [3.63, 3.8) is 0 Å². The summed E-state index contributed by atoms with van der Waals surface area (Å²) in [4.78, 5) is 27.8. The van der Waals surface area contributed by atoms with Crippen molar-refractivity contribution in [2.75, 3.05) is 30.4 Å². The molecule has 3 amide bonds. The number of anilines is 2. The molecule has 2 aromatic carbocycles. The Morgan fingerprint density at radius 1 is 0.960 bits per heavy atom. The van der Waals surface area contributed by atoms with Gasteiger partial charge in [-0.15, -0.1) is 0 Å². The highest BCUT2D eigenvalue weighted by atomic mass is 35.5. The van der Waals surface area contributed by atoms with E-state index in [4.69, 9.17) is 11.6 Å². The summed E-state index contributed by atoms with van der Waals surface area (Å²) in [6, 6.07) is 13.8. The molecule has 0 aliphatic rings. The molecular weight excluding hydrogens is 338 g/mol. The fraction of sp³-hybridized carbons (Fsp3) is 0.263. The van der Waals surface area contributed by atoms with Gasteiger partial charge >= 0.3 is 6.03 Å². The van der Waals surface area contributed by atoms with Gasteiger partial charge in [-0.2, -0.15) is 0 Å². The van der Waals surface area contributed by atoms with Crippen molar-refractivity contribution in [2.45, 2.75) is 13.8 Å². The SMILES string of the molecule is CCN(CC)C(=O)Nc1ccc(N(C)C(=O)c2ccc(Cl)cc2)cc1. The van der Waals surface area contributed by atoms with E-state index in [0.29, 0.717) is 29.4 Å². The predicted octanol–water partition coefficient (Wildman–Crippen LogP) is 4.49. The van der Waals surface area contributed by atoms with Gasteiger partial charge in [-0.25, -0.2) is 4.79 Å². The maximum absolute atomic E-state index is 12.5. The highest BCUT2D eigenvalue weighted by molar-refractivity contribution is 6.30. The summed E-state index contributed by atoms with van der Waals surface area (Å²) in [5.74, 6) is -0.128. The lowest BCUT2D eigenvalue weighted by atomic mass is 10.2. The Balaban J connectivity index is 2.07. The third kappa shape index (κ3) is 4.73. The molecule has 0 spiro atoms. The molecule has 0 heterocycles. The van der Waals surface area contributed by atoms with Crippen LogP contribution < -0.4 is 10.2 Å². The number of hydrogen-bond donors (Lipinski definition) is 1. The minimum Gasteiger partial charge on any atom is -0.325 e. The van der Waals surface area contributed by atoms with Crippen LogP contribution in [0.25, 0.3) is 0 Å². The molecule has 0 aromatic heterocycles. The summed E-state index contributed by atoms with van der Waals surface area (Å²) in [5, 5.41) is 3.44. The molecule has 0 unspecified atom stereocenters. The van der Waals surface area contributed by atoms with Gasteiger partial charge in [0.2, 0.25) is 0 Å². The molecule has 6 heteroatoms. The van der Waals surface area contributed by atoms with Crippen LogP contribution in [0.3, 0.4) is 0 Å². The summed E-state index contributed by atoms with van der Waals surface area (Å²) in [6.45, 7) is 5.17. The Kier molecular flexibility index (Phi) is 6.42. The molecule has 0 radical (unpaired) electrons. The van der Waals surface area contributed by atoms with E-state index in [9.17, 15) is 9.59 Å². The van der Waals surface area contributed by atoms with Crippen molar-refractivity contribution in [1.29, 1.82) is 0 Å². The molecule has 25 heavy (non-hydrogen) atoms. The van der Waals surface area contributed by atoms with E-state index in [2.05, 4.69) is 5.32 Å². The molecule has 0 atom stereocenters. The second-order valence-corrected chi connectivity index (χ2v) is 5.96. The van der Waals surface area contributed by atoms with Crippen LogP contribution in [-0.2, 0) is 0 Å². The average Bonchev–Trinajstić information content (AvgIpc) is 2.63. The van der Waals surface area contributed by atoms with Crippen molar-refractivity contribution in [3.05, 3.63) is 59.1 Å². The number of hydrogen-bond acceptors (Lipinski definition) is 2. The van der Waals surface area contributed by atoms with Crippen LogP contribution in [0.1, 0.15) is 24.2 Å².